The van der Waals surface area contributed by atoms with Crippen LogP contribution in [0.3, 0.4) is 0 Å². The van der Waals surface area contributed by atoms with Crippen molar-refractivity contribution in [1.29, 1.82) is 0 Å². The quantitative estimate of drug-likeness (QED) is 0.105. The predicted octanol–water partition coefficient (Wildman–Crippen LogP) is 8.38. The number of carbonyl (C=O) groups excluding carboxylic acids is 3. The first-order valence-corrected chi connectivity index (χ1v) is 19.5. The Labute approximate surface area is 327 Å². The van der Waals surface area contributed by atoms with E-state index in [1.54, 1.807) is 31.2 Å². The molecule has 1 aliphatic carbocycles. The Morgan fingerprint density at radius 2 is 1.60 bits per heavy atom. The maximum absolute atomic E-state index is 15.0. The van der Waals surface area contributed by atoms with Gasteiger partial charge < -0.3 is 29.2 Å². The number of carbonyl (C=O) groups is 3. The van der Waals surface area contributed by atoms with Crippen molar-refractivity contribution >= 4 is 18.1 Å². The first kappa shape index (κ1) is 42.0. The molecule has 308 valence electrons. The summed E-state index contributed by atoms with van der Waals surface area (Å²) in [5.74, 6) is -1.25. The summed E-state index contributed by atoms with van der Waals surface area (Å²) < 4.78 is 95.3. The number of alkyl halides is 6. The number of aromatic nitrogens is 1. The van der Waals surface area contributed by atoms with E-state index in [-0.39, 0.29) is 62.9 Å². The fourth-order valence-electron chi connectivity index (χ4n) is 8.52. The van der Waals surface area contributed by atoms with E-state index in [1.165, 1.54) is 9.80 Å². The second-order valence-corrected chi connectivity index (χ2v) is 15.4. The van der Waals surface area contributed by atoms with Gasteiger partial charge in [-0.05, 0) is 93.8 Å². The van der Waals surface area contributed by atoms with Crippen molar-refractivity contribution in [3.8, 4) is 11.5 Å². The van der Waals surface area contributed by atoms with E-state index in [0.717, 1.165) is 68.1 Å². The van der Waals surface area contributed by atoms with Gasteiger partial charge >= 0.3 is 12.4 Å². The molecule has 2 aromatic carbocycles. The summed E-state index contributed by atoms with van der Waals surface area (Å²) in [7, 11) is 0. The molecule has 3 fully saturated rings. The van der Waals surface area contributed by atoms with Crippen LogP contribution in [0.5, 0.6) is 11.5 Å². The minimum atomic E-state index is -4.90. The monoisotopic (exact) mass is 803 g/mol. The van der Waals surface area contributed by atoms with Crippen LogP contribution in [0.1, 0.15) is 105 Å². The van der Waals surface area contributed by atoms with Gasteiger partial charge in [0.2, 0.25) is 5.60 Å². The number of likely N-dealkylation sites (tertiary alicyclic amines) is 2. The number of nitrogens with zero attached hydrogens (tertiary/aromatic N) is 3. The van der Waals surface area contributed by atoms with E-state index < -0.39 is 58.2 Å². The molecule has 2 aliphatic heterocycles. The normalized spacial score (nSPS) is 22.0. The van der Waals surface area contributed by atoms with Crippen molar-refractivity contribution in [1.82, 2.24) is 14.8 Å². The Bertz CT molecular complexity index is 1890. The number of aldehydes is 1. The highest BCUT2D eigenvalue weighted by Crippen LogP contribution is 2.45. The lowest BCUT2D eigenvalue weighted by molar-refractivity contribution is -0.163. The summed E-state index contributed by atoms with van der Waals surface area (Å²) in [6, 6.07) is 11.6. The molecule has 15 heteroatoms. The fourth-order valence-corrected chi connectivity index (χ4v) is 8.52. The van der Waals surface area contributed by atoms with Crippen LogP contribution >= 0.6 is 0 Å². The smallest absolute Gasteiger partial charge is 0.418 e. The van der Waals surface area contributed by atoms with Gasteiger partial charge in [0.1, 0.15) is 23.5 Å². The van der Waals surface area contributed by atoms with Crippen molar-refractivity contribution in [3.05, 3.63) is 89.2 Å². The largest absolute Gasteiger partial charge is 0.493 e. The third-order valence-electron chi connectivity index (χ3n) is 11.8. The number of rotatable bonds is 13. The molecule has 3 aliphatic rings. The van der Waals surface area contributed by atoms with Gasteiger partial charge in [-0.25, -0.2) is 0 Å². The van der Waals surface area contributed by atoms with Crippen molar-refractivity contribution in [3.63, 3.8) is 0 Å². The van der Waals surface area contributed by atoms with Crippen molar-refractivity contribution < 1.29 is 55.3 Å². The molecule has 2 saturated heterocycles. The Morgan fingerprint density at radius 1 is 0.895 bits per heavy atom. The van der Waals surface area contributed by atoms with E-state index in [4.69, 9.17) is 9.47 Å². The number of amides is 2. The molecule has 1 N–H and O–H groups in total. The average Bonchev–Trinajstić information content (AvgIpc) is 3.17. The molecule has 3 heterocycles. The topological polar surface area (TPSA) is 109 Å². The summed E-state index contributed by atoms with van der Waals surface area (Å²) in [5.41, 5.74) is -6.08. The minimum absolute atomic E-state index is 0.0124. The molecule has 0 spiro atoms. The zero-order valence-corrected chi connectivity index (χ0v) is 31.7. The number of para-hydroxylation sites is 1. The third-order valence-corrected chi connectivity index (χ3v) is 11.8. The van der Waals surface area contributed by atoms with E-state index in [2.05, 4.69) is 4.98 Å². The number of aliphatic hydroxyl groups is 1. The summed E-state index contributed by atoms with van der Waals surface area (Å²) in [6.45, 7) is 2.15. The summed E-state index contributed by atoms with van der Waals surface area (Å²) in [6.07, 6.45) is -2.50. The number of ether oxygens (including phenoxy) is 2. The summed E-state index contributed by atoms with van der Waals surface area (Å²) in [5, 5.41) is 12.0. The second kappa shape index (κ2) is 16.7. The third kappa shape index (κ3) is 8.78. The Morgan fingerprint density at radius 3 is 2.21 bits per heavy atom. The van der Waals surface area contributed by atoms with Gasteiger partial charge in [0.05, 0.1) is 29.4 Å². The van der Waals surface area contributed by atoms with E-state index in [1.807, 2.05) is 0 Å². The lowest BCUT2D eigenvalue weighted by Crippen LogP contribution is -2.68. The molecule has 0 bridgehead atoms. The zero-order valence-electron chi connectivity index (χ0n) is 31.7. The van der Waals surface area contributed by atoms with E-state index in [0.29, 0.717) is 37.2 Å². The van der Waals surface area contributed by atoms with E-state index >= 15 is 4.79 Å². The van der Waals surface area contributed by atoms with Gasteiger partial charge in [-0.2, -0.15) is 26.3 Å². The van der Waals surface area contributed by atoms with Crippen LogP contribution in [-0.2, 0) is 27.5 Å². The SMILES string of the molecule is CCC[C@H]1N(C(=O)c2ncccc2C(F)(F)F)CCC[C@@]1(Oc1ccc(C(F)(F)F)cc1)C(=O)N1CCC(O)(c2ccccc2OCCCC2(C=O)CCC2)CC1. The van der Waals surface area contributed by atoms with Gasteiger partial charge in [0, 0.05) is 43.2 Å². The van der Waals surface area contributed by atoms with Crippen LogP contribution in [-0.4, -0.2) is 75.9 Å². The van der Waals surface area contributed by atoms with Crippen molar-refractivity contribution in [2.24, 2.45) is 5.41 Å². The molecule has 2 amide bonds. The number of halogens is 6. The molecule has 6 rings (SSSR count). The van der Waals surface area contributed by atoms with Crippen LogP contribution in [0.25, 0.3) is 0 Å². The molecular weight excluding hydrogens is 756 g/mol. The number of pyridine rings is 1. The maximum atomic E-state index is 15.0. The molecular formula is C42H47F6N3O6. The average molecular weight is 804 g/mol. The molecule has 0 radical (unpaired) electrons. The molecule has 3 aromatic rings. The van der Waals surface area contributed by atoms with Crippen LogP contribution in [0.2, 0.25) is 0 Å². The van der Waals surface area contributed by atoms with Crippen LogP contribution in [0, 0.1) is 5.41 Å². The summed E-state index contributed by atoms with van der Waals surface area (Å²) >= 11 is 0. The first-order chi connectivity index (χ1) is 27.1. The molecule has 0 unspecified atom stereocenters. The summed E-state index contributed by atoms with van der Waals surface area (Å²) in [4.78, 5) is 47.2. The van der Waals surface area contributed by atoms with Gasteiger partial charge in [0.25, 0.3) is 11.8 Å². The highest BCUT2D eigenvalue weighted by atomic mass is 19.4. The minimum Gasteiger partial charge on any atom is -0.493 e. The lowest BCUT2D eigenvalue weighted by Gasteiger charge is -2.51. The standard InChI is InChI=1S/C42H47F6N3O6/c1-2-9-34-40(57-30-15-13-29(14-16-30)41(43,44)45,20-7-24-51(34)36(53)35-32(42(46,47)48)11-5-23-49-35)37(54)50-25-21-39(55,22-26-50)31-10-3-4-12-33(31)56-27-8-19-38(28-52)17-6-18-38/h3-5,10-16,23,28,34,55H,2,6-9,17-22,24-27H2,1H3/t34-,40+/m1/s1. The van der Waals surface area contributed by atoms with Crippen molar-refractivity contribution in [2.45, 2.75) is 107 Å². The highest BCUT2D eigenvalue weighted by molar-refractivity contribution is 5.96. The number of hydrogen-bond donors (Lipinski definition) is 1. The number of hydrogen-bond acceptors (Lipinski definition) is 7. The van der Waals surface area contributed by atoms with Gasteiger partial charge in [-0.3, -0.25) is 14.6 Å². The molecule has 1 saturated carbocycles. The maximum Gasteiger partial charge on any atom is 0.418 e. The van der Waals surface area contributed by atoms with Crippen LogP contribution < -0.4 is 9.47 Å². The van der Waals surface area contributed by atoms with Crippen LogP contribution in [0.15, 0.2) is 66.9 Å². The Hall–Kier alpha value is -4.66. The second-order valence-electron chi connectivity index (χ2n) is 15.4. The molecule has 1 aromatic heterocycles. The fraction of sp³-hybridized carbons (Fsp3) is 0.524. The highest BCUT2D eigenvalue weighted by Gasteiger charge is 2.56. The van der Waals surface area contributed by atoms with Gasteiger partial charge in [-0.15, -0.1) is 0 Å². The van der Waals surface area contributed by atoms with E-state index in [9.17, 15) is 41.0 Å². The zero-order chi connectivity index (χ0) is 41.1. The number of piperidine rings is 2. The lowest BCUT2D eigenvalue weighted by atomic mass is 9.67. The van der Waals surface area contributed by atoms with Gasteiger partial charge in [0.15, 0.2) is 0 Å². The first-order valence-electron chi connectivity index (χ1n) is 19.5. The number of benzene rings is 2. The van der Waals surface area contributed by atoms with Gasteiger partial charge in [-0.1, -0.05) is 38.0 Å². The molecule has 57 heavy (non-hydrogen) atoms. The Kier molecular flexibility index (Phi) is 12.3. The molecule has 2 atom stereocenters. The van der Waals surface area contributed by atoms with Crippen LogP contribution in [0.4, 0.5) is 26.3 Å². The molecule has 9 nitrogen and oxygen atoms in total. The Balaban J connectivity index is 1.28. The van der Waals surface area contributed by atoms with Crippen molar-refractivity contribution in [2.75, 3.05) is 26.2 Å². The predicted molar refractivity (Wildman–Crippen MR) is 196 cm³/mol.